The number of nitrogens with zero attached hydrogens (tertiary/aromatic N) is 12. The molecular formula is C70H82F6N12O12Si2. The van der Waals surface area contributed by atoms with Gasteiger partial charge in [0, 0.05) is 66.4 Å². The lowest BCUT2D eigenvalue weighted by Gasteiger charge is -2.37. The van der Waals surface area contributed by atoms with Crippen LogP contribution in [-0.2, 0) is 66.3 Å². The predicted octanol–water partition coefficient (Wildman–Crippen LogP) is 16.0. The Morgan fingerprint density at radius 3 is 1.31 bits per heavy atom. The highest BCUT2D eigenvalue weighted by atomic mass is 28.3. The molecule has 10 aromatic rings. The molecule has 2 atom stereocenters. The highest BCUT2D eigenvalue weighted by Gasteiger charge is 2.66. The number of alkyl halides is 6. The van der Waals surface area contributed by atoms with E-state index in [4.69, 9.17) is 46.7 Å². The van der Waals surface area contributed by atoms with Gasteiger partial charge < -0.3 is 55.9 Å². The first-order valence-electron chi connectivity index (χ1n) is 32.4. The van der Waals surface area contributed by atoms with Crippen molar-refractivity contribution in [3.05, 3.63) is 142 Å². The first kappa shape index (κ1) is 76.7. The molecule has 0 aliphatic carbocycles. The summed E-state index contributed by atoms with van der Waals surface area (Å²) in [6.07, 6.45) is -9.38. The van der Waals surface area contributed by atoms with Gasteiger partial charge in [0.2, 0.25) is 23.6 Å². The van der Waals surface area contributed by atoms with E-state index in [1.165, 1.54) is 110 Å². The van der Waals surface area contributed by atoms with Crippen molar-refractivity contribution in [2.45, 2.75) is 182 Å². The third kappa shape index (κ3) is 16.1. The normalized spacial score (nSPS) is 13.8. The molecule has 2 unspecified atom stereocenters. The minimum Gasteiger partial charge on any atom is -0.496 e. The van der Waals surface area contributed by atoms with Crippen LogP contribution >= 0.6 is 0 Å². The number of ether oxygens (including phenoxy) is 8. The molecule has 544 valence electrons. The molecule has 0 amide bonds. The average molecular weight is 1450 g/mol. The van der Waals surface area contributed by atoms with Crippen molar-refractivity contribution in [2.24, 2.45) is 0 Å². The number of imidazole rings is 2. The Balaban J connectivity index is 0.000000237. The van der Waals surface area contributed by atoms with Crippen molar-refractivity contribution in [1.29, 1.82) is 10.5 Å². The molecule has 0 radical (unpaired) electrons. The number of hydrogen-bond acceptors (Lipinski definition) is 20. The van der Waals surface area contributed by atoms with Gasteiger partial charge in [-0.05, 0) is 139 Å². The van der Waals surface area contributed by atoms with Crippen LogP contribution in [0.2, 0.25) is 51.4 Å². The van der Waals surface area contributed by atoms with E-state index in [-0.39, 0.29) is 110 Å². The average Bonchev–Trinajstić information content (AvgIpc) is 1.44. The van der Waals surface area contributed by atoms with Crippen LogP contribution in [0, 0.1) is 50.4 Å². The number of carbonyl (C=O) groups is 2. The molecule has 6 aromatic heterocycles. The second-order valence-electron chi connectivity index (χ2n) is 28.8. The lowest BCUT2D eigenvalue weighted by molar-refractivity contribution is -0.276. The van der Waals surface area contributed by atoms with Gasteiger partial charge in [-0.15, -0.1) is 20.4 Å². The van der Waals surface area contributed by atoms with Crippen molar-refractivity contribution in [2.75, 3.05) is 27.4 Å². The number of aryl methyl sites for hydroxylation is 4. The zero-order valence-electron chi connectivity index (χ0n) is 60.1. The molecule has 32 heteroatoms. The molecule has 0 aliphatic heterocycles. The summed E-state index contributed by atoms with van der Waals surface area (Å²) in [7, 11) is -0.646. The Hall–Kier alpha value is -9.45. The fourth-order valence-electron chi connectivity index (χ4n) is 11.6. The Kier molecular flexibility index (Phi) is 21.9. The molecule has 6 heterocycles. The van der Waals surface area contributed by atoms with Crippen LogP contribution in [0.4, 0.5) is 35.9 Å². The maximum absolute atomic E-state index is 16.5. The van der Waals surface area contributed by atoms with Gasteiger partial charge >= 0.3 is 24.5 Å². The molecule has 0 fully saturated rings. The largest absolute Gasteiger partial charge is 0.496 e. The van der Waals surface area contributed by atoms with E-state index in [2.05, 4.69) is 69.6 Å². The molecular weight excluding hydrogens is 1370 g/mol. The van der Waals surface area contributed by atoms with E-state index >= 15 is 26.3 Å². The number of aromatic nitrogens is 10. The standard InChI is InChI=1S/2C35H41F3N6O6Si/c1-21-16-27(46-6)29(24-12-13-43(30(21)24)32(45)50-33(3,4)5)34(35(36,37)38,48-19-28-42-41-22(2)49-28)31-40-25-17-23(18-39)10-11-26(25)44(31)20-47-14-15-51(7,8)9;1-21-16-27(46-6)29(24-12-13-43(30(21)24)32(45)50-33(3,4)5)34(35(36,37)38,48-19-28-42-41-22(2)49-28)31-40-25-11-10-23(18-39)17-26(25)44(31)20-47-14-15-51(7,8)9/h2*10-13,16-17H,14-15,19-20H2,1-9H3. The number of fused-ring (bicyclic) bond motifs is 4. The third-order valence-corrected chi connectivity index (χ3v) is 19.6. The summed E-state index contributed by atoms with van der Waals surface area (Å²) in [5.74, 6) is -1.73. The predicted molar refractivity (Wildman–Crippen MR) is 368 cm³/mol. The van der Waals surface area contributed by atoms with Gasteiger partial charge in [0.25, 0.3) is 11.2 Å². The number of rotatable bonds is 22. The van der Waals surface area contributed by atoms with E-state index in [0.717, 1.165) is 21.2 Å². The van der Waals surface area contributed by atoms with Gasteiger partial charge in [-0.25, -0.2) is 19.6 Å². The first-order valence-corrected chi connectivity index (χ1v) is 39.8. The molecule has 0 N–H and O–H groups in total. The minimum absolute atomic E-state index is 0.00675. The SMILES string of the molecule is COc1cc(C)c2c(ccn2C(=O)OC(C)(C)C)c1C(OCc1nnc(C)o1)(c1nc2cc(C#N)ccc2n1COCC[Si](C)(C)C)C(F)(F)F.COc1cc(C)c2c(ccn2C(=O)OC(C)(C)C)c1C(OCc1nnc(C)o1)(c1nc2ccc(C#N)cc2n1COCC[Si](C)(C)C)C(F)(F)F. The topological polar surface area (TPSA) is 279 Å². The number of hydrogen-bond donors (Lipinski definition) is 0. The number of carbonyl (C=O) groups excluding carboxylic acids is 2. The Morgan fingerprint density at radius 1 is 0.539 bits per heavy atom. The first-order chi connectivity index (χ1) is 47.6. The van der Waals surface area contributed by atoms with Crippen molar-refractivity contribution in [3.8, 4) is 23.6 Å². The van der Waals surface area contributed by atoms with Gasteiger partial charge in [-0.2, -0.15) is 36.9 Å². The van der Waals surface area contributed by atoms with Crippen molar-refractivity contribution in [3.63, 3.8) is 0 Å². The number of benzene rings is 4. The van der Waals surface area contributed by atoms with Crippen LogP contribution in [0.25, 0.3) is 43.9 Å². The van der Waals surface area contributed by atoms with Crippen LogP contribution < -0.4 is 9.47 Å². The highest BCUT2D eigenvalue weighted by Crippen LogP contribution is 2.56. The van der Waals surface area contributed by atoms with Crippen LogP contribution in [0.5, 0.6) is 11.5 Å². The fourth-order valence-corrected chi connectivity index (χ4v) is 13.1. The van der Waals surface area contributed by atoms with E-state index in [9.17, 15) is 20.1 Å². The smallest absolute Gasteiger partial charge is 0.429 e. The van der Waals surface area contributed by atoms with Gasteiger partial charge in [0.1, 0.15) is 49.4 Å². The van der Waals surface area contributed by atoms with E-state index in [1.807, 2.05) is 12.1 Å². The lowest BCUT2D eigenvalue weighted by Crippen LogP contribution is -2.48. The second-order valence-corrected chi connectivity index (χ2v) is 40.1. The summed E-state index contributed by atoms with van der Waals surface area (Å²) in [6.45, 7) is 27.8. The lowest BCUT2D eigenvalue weighted by atomic mass is 9.86. The molecule has 0 saturated heterocycles. The molecule has 0 spiro atoms. The summed E-state index contributed by atoms with van der Waals surface area (Å²) >= 11 is 0. The maximum Gasteiger partial charge on any atom is 0.429 e. The van der Waals surface area contributed by atoms with Crippen molar-refractivity contribution < 1.29 is 82.7 Å². The minimum atomic E-state index is -5.25. The van der Waals surface area contributed by atoms with E-state index in [0.29, 0.717) is 17.7 Å². The van der Waals surface area contributed by atoms with Crippen LogP contribution in [0.3, 0.4) is 0 Å². The molecule has 24 nitrogen and oxygen atoms in total. The van der Waals surface area contributed by atoms with Gasteiger partial charge in [-0.1, -0.05) is 39.3 Å². The molecule has 10 rings (SSSR count). The highest BCUT2D eigenvalue weighted by molar-refractivity contribution is 6.76. The second kappa shape index (κ2) is 29.1. The van der Waals surface area contributed by atoms with Gasteiger partial charge in [0.15, 0.2) is 11.6 Å². The Labute approximate surface area is 586 Å². The zero-order chi connectivity index (χ0) is 75.0. The molecule has 0 bridgehead atoms. The zero-order valence-corrected chi connectivity index (χ0v) is 62.1. The number of halogens is 6. The molecule has 4 aromatic carbocycles. The van der Waals surface area contributed by atoms with E-state index < -0.39 is 99.1 Å². The summed E-state index contributed by atoms with van der Waals surface area (Å²) in [6, 6.07) is 20.0. The summed E-state index contributed by atoms with van der Waals surface area (Å²) in [5, 5.41) is 34.6. The Morgan fingerprint density at radius 2 is 0.941 bits per heavy atom. The van der Waals surface area contributed by atoms with E-state index in [1.54, 1.807) is 55.4 Å². The molecule has 0 saturated carbocycles. The fraction of sp³-hybridized carbons (Fsp3) is 0.457. The van der Waals surface area contributed by atoms with Crippen molar-refractivity contribution in [1.82, 2.24) is 48.6 Å². The summed E-state index contributed by atoms with van der Waals surface area (Å²) < 4.78 is 162. The van der Waals surface area contributed by atoms with Crippen LogP contribution in [0.1, 0.15) is 110 Å². The summed E-state index contributed by atoms with van der Waals surface area (Å²) in [4.78, 5) is 35.9. The quantitative estimate of drug-likeness (QED) is 0.0346. The third-order valence-electron chi connectivity index (χ3n) is 16.1. The van der Waals surface area contributed by atoms with Gasteiger partial charge in [0.05, 0.1) is 81.7 Å². The molecule has 0 aliphatic rings. The summed E-state index contributed by atoms with van der Waals surface area (Å²) in [5.41, 5.74) is -7.20. The van der Waals surface area contributed by atoms with Crippen molar-refractivity contribution >= 4 is 72.2 Å². The monoisotopic (exact) mass is 1450 g/mol. The van der Waals surface area contributed by atoms with Gasteiger partial charge in [-0.3, -0.25) is 9.13 Å². The Bertz CT molecular complexity index is 4650. The van der Waals surface area contributed by atoms with Crippen LogP contribution in [-0.4, -0.2) is 128 Å². The van der Waals surface area contributed by atoms with Crippen LogP contribution in [0.15, 0.2) is 81.9 Å². The molecule has 102 heavy (non-hydrogen) atoms. The number of methoxy groups -OCH3 is 2. The number of nitriles is 2. The maximum atomic E-state index is 16.5.